The Morgan fingerprint density at radius 2 is 1.85 bits per heavy atom. The number of imidazole rings is 1. The number of nitrogens with two attached hydrogens (primary N) is 1. The molecule has 0 spiro atoms. The van der Waals surface area contributed by atoms with Gasteiger partial charge in [0.15, 0.2) is 11.5 Å². The van der Waals surface area contributed by atoms with Crippen LogP contribution in [0.1, 0.15) is 11.4 Å². The Morgan fingerprint density at radius 3 is 2.64 bits per heavy atom. The normalized spacial score (nSPS) is 11.4. The van der Waals surface area contributed by atoms with E-state index in [0.717, 1.165) is 16.7 Å². The third-order valence-electron chi connectivity index (χ3n) is 5.27. The first-order valence-corrected chi connectivity index (χ1v) is 10.1. The van der Waals surface area contributed by atoms with Gasteiger partial charge in [-0.15, -0.1) is 0 Å². The number of nitrogens with zero attached hydrogens (tertiary/aromatic N) is 5. The number of fused-ring (bicyclic) bond motifs is 2. The Labute approximate surface area is 185 Å². The van der Waals surface area contributed by atoms with E-state index >= 15 is 0 Å². The van der Waals surface area contributed by atoms with Crippen molar-refractivity contribution in [1.82, 2.24) is 29.5 Å². The monoisotopic (exact) mass is 448 g/mol. The van der Waals surface area contributed by atoms with Crippen LogP contribution in [0.2, 0.25) is 0 Å². The maximum absolute atomic E-state index is 14.7. The molecule has 4 N–H and O–H groups in total. The SMILES string of the molecule is Cc1cccc2nc(CCNc3nc(N)nc4[nH]cnc34)n(-c3c(F)cccc3F)c(=O)c12. The second-order valence-corrected chi connectivity index (χ2v) is 7.41. The lowest BCUT2D eigenvalue weighted by Gasteiger charge is -2.16. The van der Waals surface area contributed by atoms with Gasteiger partial charge in [0.25, 0.3) is 5.56 Å². The molecule has 33 heavy (non-hydrogen) atoms. The number of rotatable bonds is 5. The van der Waals surface area contributed by atoms with E-state index in [2.05, 4.69) is 30.2 Å². The molecule has 3 heterocycles. The van der Waals surface area contributed by atoms with E-state index in [9.17, 15) is 13.6 Å². The summed E-state index contributed by atoms with van der Waals surface area (Å²) in [5.74, 6) is -1.08. The Bertz CT molecular complexity index is 1560. The molecule has 0 aliphatic carbocycles. The fraction of sp³-hybridized carbons (Fsp3) is 0.136. The van der Waals surface area contributed by atoms with Crippen molar-refractivity contribution >= 4 is 33.8 Å². The fourth-order valence-electron chi connectivity index (χ4n) is 3.81. The van der Waals surface area contributed by atoms with Crippen LogP contribution in [0.4, 0.5) is 20.5 Å². The van der Waals surface area contributed by atoms with Crippen LogP contribution < -0.4 is 16.6 Å². The van der Waals surface area contributed by atoms with Gasteiger partial charge >= 0.3 is 0 Å². The van der Waals surface area contributed by atoms with Gasteiger partial charge < -0.3 is 16.0 Å². The minimum Gasteiger partial charge on any atom is -0.368 e. The Kier molecular flexibility index (Phi) is 4.93. The van der Waals surface area contributed by atoms with Gasteiger partial charge in [0.1, 0.15) is 28.7 Å². The van der Waals surface area contributed by atoms with E-state index in [1.54, 1.807) is 25.1 Å². The molecule has 11 heteroatoms. The summed E-state index contributed by atoms with van der Waals surface area (Å²) < 4.78 is 30.4. The van der Waals surface area contributed by atoms with Gasteiger partial charge in [0.05, 0.1) is 17.2 Å². The van der Waals surface area contributed by atoms with Gasteiger partial charge in [-0.05, 0) is 30.7 Å². The number of benzene rings is 2. The number of anilines is 2. The van der Waals surface area contributed by atoms with Crippen molar-refractivity contribution in [3.8, 4) is 5.69 Å². The third-order valence-corrected chi connectivity index (χ3v) is 5.27. The summed E-state index contributed by atoms with van der Waals surface area (Å²) in [6.07, 6.45) is 1.62. The minimum atomic E-state index is -0.858. The number of aromatic amines is 1. The second-order valence-electron chi connectivity index (χ2n) is 7.41. The van der Waals surface area contributed by atoms with E-state index in [4.69, 9.17) is 5.73 Å². The minimum absolute atomic E-state index is 0.0545. The van der Waals surface area contributed by atoms with E-state index < -0.39 is 22.9 Å². The first-order valence-electron chi connectivity index (χ1n) is 10.1. The molecule has 0 saturated heterocycles. The van der Waals surface area contributed by atoms with Crippen LogP contribution in [-0.2, 0) is 6.42 Å². The summed E-state index contributed by atoms with van der Waals surface area (Å²) >= 11 is 0. The molecule has 0 bridgehead atoms. The standard InChI is InChI=1S/C22H18F2N8O/c1-11-4-2-7-14-16(11)21(33)32(18-12(23)5-3-6-13(18)24)15(29-14)8-9-26-19-17-20(28-10-27-17)31-22(25)30-19/h2-7,10H,8-9H2,1H3,(H4,25,26,27,28,30,31). The van der Waals surface area contributed by atoms with Crippen molar-refractivity contribution in [2.75, 3.05) is 17.6 Å². The Morgan fingerprint density at radius 1 is 1.09 bits per heavy atom. The molecule has 0 saturated carbocycles. The van der Waals surface area contributed by atoms with Crippen molar-refractivity contribution in [3.05, 3.63) is 76.1 Å². The van der Waals surface area contributed by atoms with E-state index in [-0.39, 0.29) is 24.7 Å². The molecular formula is C22H18F2N8O. The molecule has 166 valence electrons. The molecule has 0 radical (unpaired) electrons. The summed E-state index contributed by atoms with van der Waals surface area (Å²) in [5, 5.41) is 3.40. The van der Waals surface area contributed by atoms with Gasteiger partial charge in [0.2, 0.25) is 5.95 Å². The van der Waals surface area contributed by atoms with Crippen LogP contribution in [0.5, 0.6) is 0 Å². The van der Waals surface area contributed by atoms with Crippen LogP contribution in [0.3, 0.4) is 0 Å². The van der Waals surface area contributed by atoms with Crippen LogP contribution in [0.15, 0.2) is 47.5 Å². The third kappa shape index (κ3) is 3.53. The maximum atomic E-state index is 14.7. The predicted octanol–water partition coefficient (Wildman–Crippen LogP) is 2.88. The second kappa shape index (κ2) is 7.93. The maximum Gasteiger partial charge on any atom is 0.266 e. The van der Waals surface area contributed by atoms with Gasteiger partial charge in [0, 0.05) is 13.0 Å². The van der Waals surface area contributed by atoms with Gasteiger partial charge in [-0.2, -0.15) is 9.97 Å². The number of para-hydroxylation sites is 1. The summed E-state index contributed by atoms with van der Waals surface area (Å²) in [6.45, 7) is 1.99. The molecule has 3 aromatic heterocycles. The lowest BCUT2D eigenvalue weighted by molar-refractivity contribution is 0.561. The number of nitrogens with one attached hydrogen (secondary N) is 2. The quantitative estimate of drug-likeness (QED) is 0.377. The van der Waals surface area contributed by atoms with Crippen molar-refractivity contribution in [3.63, 3.8) is 0 Å². The lowest BCUT2D eigenvalue weighted by Crippen LogP contribution is -2.27. The molecule has 2 aromatic carbocycles. The topological polar surface area (TPSA) is 127 Å². The zero-order chi connectivity index (χ0) is 23.1. The molecule has 0 aliphatic heterocycles. The largest absolute Gasteiger partial charge is 0.368 e. The predicted molar refractivity (Wildman–Crippen MR) is 120 cm³/mol. The number of hydrogen-bond donors (Lipinski definition) is 3. The van der Waals surface area contributed by atoms with Gasteiger partial charge in [-0.1, -0.05) is 18.2 Å². The summed E-state index contributed by atoms with van der Waals surface area (Å²) in [6, 6.07) is 8.68. The van der Waals surface area contributed by atoms with Crippen molar-refractivity contribution in [2.45, 2.75) is 13.3 Å². The molecule has 9 nitrogen and oxygen atoms in total. The smallest absolute Gasteiger partial charge is 0.266 e. The van der Waals surface area contributed by atoms with Crippen molar-refractivity contribution in [2.24, 2.45) is 0 Å². The highest BCUT2D eigenvalue weighted by Gasteiger charge is 2.20. The highest BCUT2D eigenvalue weighted by atomic mass is 19.1. The van der Waals surface area contributed by atoms with Gasteiger partial charge in [-0.3, -0.25) is 9.36 Å². The van der Waals surface area contributed by atoms with Gasteiger partial charge in [-0.25, -0.2) is 18.7 Å². The van der Waals surface area contributed by atoms with Crippen molar-refractivity contribution in [1.29, 1.82) is 0 Å². The zero-order valence-electron chi connectivity index (χ0n) is 17.4. The number of nitrogen functional groups attached to an aromatic ring is 1. The molecule has 0 atom stereocenters. The van der Waals surface area contributed by atoms with Crippen molar-refractivity contribution < 1.29 is 8.78 Å². The van der Waals surface area contributed by atoms with Crippen LogP contribution >= 0.6 is 0 Å². The summed E-state index contributed by atoms with van der Waals surface area (Å²) in [7, 11) is 0. The first-order chi connectivity index (χ1) is 15.9. The summed E-state index contributed by atoms with van der Waals surface area (Å²) in [4.78, 5) is 33.2. The van der Waals surface area contributed by atoms with Crippen LogP contribution in [0.25, 0.3) is 27.8 Å². The highest BCUT2D eigenvalue weighted by Crippen LogP contribution is 2.22. The van der Waals surface area contributed by atoms with E-state index in [1.807, 2.05) is 0 Å². The Balaban J connectivity index is 1.60. The number of halogens is 2. The number of aryl methyl sites for hydroxylation is 1. The molecular weight excluding hydrogens is 430 g/mol. The average molecular weight is 448 g/mol. The van der Waals surface area contributed by atoms with Crippen LogP contribution in [-0.4, -0.2) is 36.0 Å². The summed E-state index contributed by atoms with van der Waals surface area (Å²) in [5.41, 5.74) is 6.81. The highest BCUT2D eigenvalue weighted by molar-refractivity contribution is 5.83. The van der Waals surface area contributed by atoms with E-state index in [1.165, 1.54) is 12.4 Å². The molecule has 0 unspecified atom stereocenters. The molecule has 0 fully saturated rings. The van der Waals surface area contributed by atoms with E-state index in [0.29, 0.717) is 33.4 Å². The molecule has 5 rings (SSSR count). The zero-order valence-corrected chi connectivity index (χ0v) is 17.4. The lowest BCUT2D eigenvalue weighted by atomic mass is 10.1. The fourth-order valence-corrected chi connectivity index (χ4v) is 3.81. The Hall–Kier alpha value is -4.41. The number of aromatic nitrogens is 6. The molecule has 0 amide bonds. The number of hydrogen-bond acceptors (Lipinski definition) is 7. The average Bonchev–Trinajstić information content (AvgIpc) is 3.24. The van der Waals surface area contributed by atoms with Crippen LogP contribution in [0, 0.1) is 18.6 Å². The number of H-pyrrole nitrogens is 1. The molecule has 5 aromatic rings. The molecule has 0 aliphatic rings. The first kappa shape index (κ1) is 20.5.